The largest absolute Gasteiger partial charge is 0.240 e. The molecule has 2 aromatic rings. The first kappa shape index (κ1) is 11.4. The van der Waals surface area contributed by atoms with Crippen molar-refractivity contribution in [3.8, 4) is 5.69 Å². The Morgan fingerprint density at radius 3 is 2.88 bits per heavy atom. The summed E-state index contributed by atoms with van der Waals surface area (Å²) >= 11 is 3.44. The molecule has 0 bridgehead atoms. The van der Waals surface area contributed by atoms with Crippen LogP contribution >= 0.6 is 15.9 Å². The van der Waals surface area contributed by atoms with Crippen LogP contribution in [0.3, 0.4) is 0 Å². The van der Waals surface area contributed by atoms with Gasteiger partial charge in [0.05, 0.1) is 11.9 Å². The third kappa shape index (κ3) is 2.53. The minimum atomic E-state index is 1.04. The van der Waals surface area contributed by atoms with E-state index in [4.69, 9.17) is 0 Å². The highest BCUT2D eigenvalue weighted by Gasteiger charge is 2.02. The molecule has 0 spiro atoms. The number of aromatic nitrogens is 2. The van der Waals surface area contributed by atoms with Crippen LogP contribution in [0.15, 0.2) is 36.7 Å². The predicted octanol–water partition coefficient (Wildman–Crippen LogP) is 3.51. The Labute approximate surface area is 104 Å². The van der Waals surface area contributed by atoms with E-state index < -0.39 is 0 Å². The first-order chi connectivity index (χ1) is 7.81. The zero-order valence-corrected chi connectivity index (χ0v) is 10.9. The van der Waals surface area contributed by atoms with Gasteiger partial charge in [0.2, 0.25) is 0 Å². The Morgan fingerprint density at radius 1 is 1.31 bits per heavy atom. The number of hydrogen-bond donors (Lipinski definition) is 0. The van der Waals surface area contributed by atoms with Crippen LogP contribution in [0.2, 0.25) is 0 Å². The summed E-state index contributed by atoms with van der Waals surface area (Å²) in [5.74, 6) is 0. The average molecular weight is 279 g/mol. The van der Waals surface area contributed by atoms with E-state index in [1.54, 1.807) is 0 Å². The molecule has 2 nitrogen and oxygen atoms in total. The lowest BCUT2D eigenvalue weighted by Gasteiger charge is -2.04. The van der Waals surface area contributed by atoms with Crippen molar-refractivity contribution in [1.29, 1.82) is 0 Å². The molecule has 1 aromatic heterocycles. The van der Waals surface area contributed by atoms with E-state index in [2.05, 4.69) is 46.3 Å². The van der Waals surface area contributed by atoms with E-state index in [0.717, 1.165) is 23.9 Å². The van der Waals surface area contributed by atoms with Crippen molar-refractivity contribution in [3.05, 3.63) is 47.8 Å². The molecule has 0 aliphatic carbocycles. The lowest BCUT2D eigenvalue weighted by molar-refractivity contribution is 0.870. The topological polar surface area (TPSA) is 17.8 Å². The van der Waals surface area contributed by atoms with Crippen LogP contribution in [0.1, 0.15) is 17.5 Å². The highest BCUT2D eigenvalue weighted by molar-refractivity contribution is 9.09. The molecule has 0 fully saturated rings. The van der Waals surface area contributed by atoms with Crippen LogP contribution in [0.5, 0.6) is 0 Å². The van der Waals surface area contributed by atoms with E-state index in [1.165, 1.54) is 11.1 Å². The van der Waals surface area contributed by atoms with E-state index in [-0.39, 0.29) is 0 Å². The summed E-state index contributed by atoms with van der Waals surface area (Å²) in [5.41, 5.74) is 3.70. The Balaban J connectivity index is 2.22. The van der Waals surface area contributed by atoms with Crippen molar-refractivity contribution in [2.24, 2.45) is 0 Å². The van der Waals surface area contributed by atoms with E-state index >= 15 is 0 Å². The number of alkyl halides is 1. The van der Waals surface area contributed by atoms with E-state index in [9.17, 15) is 0 Å². The van der Waals surface area contributed by atoms with Crippen molar-refractivity contribution >= 4 is 15.9 Å². The number of para-hydroxylation sites is 1. The molecule has 0 atom stereocenters. The maximum absolute atomic E-state index is 4.40. The van der Waals surface area contributed by atoms with Crippen LogP contribution < -0.4 is 0 Å². The predicted molar refractivity (Wildman–Crippen MR) is 70.4 cm³/mol. The fourth-order valence-corrected chi connectivity index (χ4v) is 1.99. The molecule has 84 valence electrons. The van der Waals surface area contributed by atoms with Crippen molar-refractivity contribution < 1.29 is 0 Å². The normalized spacial score (nSPS) is 10.6. The van der Waals surface area contributed by atoms with Crippen LogP contribution in [0.25, 0.3) is 5.69 Å². The van der Waals surface area contributed by atoms with Crippen LogP contribution in [-0.2, 0) is 6.42 Å². The van der Waals surface area contributed by atoms with Gasteiger partial charge in [0, 0.05) is 11.5 Å². The Kier molecular flexibility index (Phi) is 3.78. The fourth-order valence-electron chi connectivity index (χ4n) is 1.71. The number of rotatable bonds is 4. The van der Waals surface area contributed by atoms with Crippen molar-refractivity contribution in [2.75, 3.05) is 5.33 Å². The molecule has 0 N–H and O–H groups in total. The Hall–Kier alpha value is -1.09. The molecule has 3 heteroatoms. The number of hydrogen-bond acceptors (Lipinski definition) is 1. The van der Waals surface area contributed by atoms with E-state index in [1.807, 2.05) is 23.0 Å². The van der Waals surface area contributed by atoms with Gasteiger partial charge < -0.3 is 0 Å². The summed E-state index contributed by atoms with van der Waals surface area (Å²) < 4.78 is 1.96. The highest BCUT2D eigenvalue weighted by Crippen LogP contribution is 2.13. The first-order valence-electron chi connectivity index (χ1n) is 5.47. The fraction of sp³-hybridized carbons (Fsp3) is 0.308. The SMILES string of the molecule is Cc1ccccc1-n1cc(CCCBr)cn1. The van der Waals surface area contributed by atoms with E-state index in [0.29, 0.717) is 0 Å². The third-order valence-electron chi connectivity index (χ3n) is 2.60. The van der Waals surface area contributed by atoms with Gasteiger partial charge in [0.25, 0.3) is 0 Å². The molecule has 0 amide bonds. The van der Waals surface area contributed by atoms with Crippen LogP contribution in [-0.4, -0.2) is 15.1 Å². The van der Waals surface area contributed by atoms with Gasteiger partial charge in [-0.2, -0.15) is 5.10 Å². The van der Waals surface area contributed by atoms with Crippen LogP contribution in [0.4, 0.5) is 0 Å². The maximum atomic E-state index is 4.40. The summed E-state index contributed by atoms with van der Waals surface area (Å²) in [6.45, 7) is 2.11. The molecule has 1 heterocycles. The van der Waals surface area contributed by atoms with Gasteiger partial charge in [-0.3, -0.25) is 0 Å². The average Bonchev–Trinajstić information content (AvgIpc) is 2.75. The molecule has 0 aliphatic heterocycles. The quantitative estimate of drug-likeness (QED) is 0.783. The molecular formula is C13H15BrN2. The van der Waals surface area contributed by atoms with Gasteiger partial charge in [-0.1, -0.05) is 34.1 Å². The van der Waals surface area contributed by atoms with Gasteiger partial charge in [-0.25, -0.2) is 4.68 Å². The number of halogens is 1. The summed E-state index contributed by atoms with van der Waals surface area (Å²) in [5, 5.41) is 5.45. The highest BCUT2D eigenvalue weighted by atomic mass is 79.9. The smallest absolute Gasteiger partial charge is 0.0674 e. The number of aryl methyl sites for hydroxylation is 2. The summed E-state index contributed by atoms with van der Waals surface area (Å²) in [6.07, 6.45) is 6.30. The molecule has 0 aliphatic rings. The Bertz CT molecular complexity index is 462. The van der Waals surface area contributed by atoms with Crippen molar-refractivity contribution in [3.63, 3.8) is 0 Å². The van der Waals surface area contributed by atoms with Gasteiger partial charge in [-0.05, 0) is 37.0 Å². The van der Waals surface area contributed by atoms with Gasteiger partial charge in [-0.15, -0.1) is 0 Å². The summed E-state index contributed by atoms with van der Waals surface area (Å²) in [4.78, 5) is 0. The van der Waals surface area contributed by atoms with Gasteiger partial charge >= 0.3 is 0 Å². The molecule has 16 heavy (non-hydrogen) atoms. The lowest BCUT2D eigenvalue weighted by Crippen LogP contribution is -1.96. The second-order valence-electron chi connectivity index (χ2n) is 3.87. The van der Waals surface area contributed by atoms with Crippen molar-refractivity contribution in [1.82, 2.24) is 9.78 Å². The minimum Gasteiger partial charge on any atom is -0.240 e. The van der Waals surface area contributed by atoms with Gasteiger partial charge in [0.15, 0.2) is 0 Å². The second kappa shape index (κ2) is 5.30. The second-order valence-corrected chi connectivity index (χ2v) is 4.67. The molecule has 0 unspecified atom stereocenters. The first-order valence-corrected chi connectivity index (χ1v) is 6.59. The molecule has 2 rings (SSSR count). The summed E-state index contributed by atoms with van der Waals surface area (Å²) in [7, 11) is 0. The van der Waals surface area contributed by atoms with Crippen molar-refractivity contribution in [2.45, 2.75) is 19.8 Å². The number of benzene rings is 1. The monoisotopic (exact) mass is 278 g/mol. The molecule has 1 aromatic carbocycles. The molecule has 0 radical (unpaired) electrons. The standard InChI is InChI=1S/C13H15BrN2/c1-11-5-2-3-7-13(11)16-10-12(9-15-16)6-4-8-14/h2-3,5,7,9-10H,4,6,8H2,1H3. The molecule has 0 saturated carbocycles. The third-order valence-corrected chi connectivity index (χ3v) is 3.16. The molecule has 0 saturated heterocycles. The summed E-state index contributed by atoms with van der Waals surface area (Å²) in [6, 6.07) is 8.29. The van der Waals surface area contributed by atoms with Crippen LogP contribution in [0, 0.1) is 6.92 Å². The number of nitrogens with zero attached hydrogens (tertiary/aromatic N) is 2. The zero-order valence-electron chi connectivity index (χ0n) is 9.36. The minimum absolute atomic E-state index is 1.04. The lowest BCUT2D eigenvalue weighted by atomic mass is 10.2. The zero-order chi connectivity index (χ0) is 11.4. The van der Waals surface area contributed by atoms with Gasteiger partial charge in [0.1, 0.15) is 0 Å². The Morgan fingerprint density at radius 2 is 2.12 bits per heavy atom. The molecular weight excluding hydrogens is 264 g/mol. The maximum Gasteiger partial charge on any atom is 0.0674 e.